The summed E-state index contributed by atoms with van der Waals surface area (Å²) in [7, 11) is 4.08. The molecule has 0 radical (unpaired) electrons. The molecule has 1 aromatic rings. The molecule has 0 heterocycles. The first-order valence-corrected chi connectivity index (χ1v) is 7.61. The van der Waals surface area contributed by atoms with Gasteiger partial charge in [-0.25, -0.2) is 4.39 Å². The number of rotatable bonds is 7. The first-order valence-electron chi connectivity index (χ1n) is 7.61. The largest absolute Gasteiger partial charge is 0.350 e. The van der Waals surface area contributed by atoms with Gasteiger partial charge in [0.1, 0.15) is 5.82 Å². The van der Waals surface area contributed by atoms with Gasteiger partial charge >= 0.3 is 0 Å². The molecule has 0 saturated carbocycles. The smallest absolute Gasteiger partial charge is 0.251 e. The lowest BCUT2D eigenvalue weighted by molar-refractivity contribution is 0.0928. The van der Waals surface area contributed by atoms with Gasteiger partial charge in [0, 0.05) is 18.2 Å². The highest BCUT2D eigenvalue weighted by molar-refractivity contribution is 5.95. The normalized spacial score (nSPS) is 12.8. The standard InChI is InChI=1S/C17H27FN2O/c1-6-13(7-2)16(20(4)5)11-19-17(21)15-9-8-14(18)10-12(15)3/h8-10,13,16H,6-7,11H2,1-5H3,(H,19,21). The number of benzene rings is 1. The molecule has 1 N–H and O–H groups in total. The molecule has 1 unspecified atom stereocenters. The van der Waals surface area contributed by atoms with Gasteiger partial charge in [0.2, 0.25) is 0 Å². The second-order valence-corrected chi connectivity index (χ2v) is 5.78. The molecule has 0 saturated heterocycles. The van der Waals surface area contributed by atoms with E-state index in [4.69, 9.17) is 0 Å². The van der Waals surface area contributed by atoms with Gasteiger partial charge in [-0.05, 0) is 50.7 Å². The number of carbonyl (C=O) groups excluding carboxylic acids is 1. The van der Waals surface area contributed by atoms with Crippen LogP contribution >= 0.6 is 0 Å². The molecule has 21 heavy (non-hydrogen) atoms. The molecule has 0 bridgehead atoms. The molecule has 0 fully saturated rings. The van der Waals surface area contributed by atoms with Gasteiger partial charge in [-0.3, -0.25) is 4.79 Å². The predicted octanol–water partition coefficient (Wildman–Crippen LogP) is 3.23. The molecule has 1 aromatic carbocycles. The first kappa shape index (κ1) is 17.6. The van der Waals surface area contributed by atoms with Crippen LogP contribution in [0.5, 0.6) is 0 Å². The molecule has 0 aliphatic heterocycles. The summed E-state index contributed by atoms with van der Waals surface area (Å²) in [6, 6.07) is 4.57. The van der Waals surface area contributed by atoms with E-state index in [2.05, 4.69) is 24.1 Å². The molecule has 1 atom stereocenters. The quantitative estimate of drug-likeness (QED) is 0.837. The summed E-state index contributed by atoms with van der Waals surface area (Å²) in [4.78, 5) is 14.4. The van der Waals surface area contributed by atoms with E-state index in [9.17, 15) is 9.18 Å². The minimum Gasteiger partial charge on any atom is -0.350 e. The maximum absolute atomic E-state index is 13.1. The number of nitrogens with one attached hydrogen (secondary N) is 1. The van der Waals surface area contributed by atoms with Gasteiger partial charge in [0.05, 0.1) is 0 Å². The molecule has 118 valence electrons. The number of amides is 1. The van der Waals surface area contributed by atoms with Crippen molar-refractivity contribution in [1.82, 2.24) is 10.2 Å². The van der Waals surface area contributed by atoms with E-state index < -0.39 is 0 Å². The molecular formula is C17H27FN2O. The van der Waals surface area contributed by atoms with E-state index in [1.54, 1.807) is 13.0 Å². The van der Waals surface area contributed by atoms with Crippen LogP contribution in [0.25, 0.3) is 0 Å². The van der Waals surface area contributed by atoms with Crippen molar-refractivity contribution in [2.75, 3.05) is 20.6 Å². The van der Waals surface area contributed by atoms with Crippen LogP contribution in [0.15, 0.2) is 18.2 Å². The average Bonchev–Trinajstić information content (AvgIpc) is 2.42. The zero-order chi connectivity index (χ0) is 16.0. The van der Waals surface area contributed by atoms with Crippen molar-refractivity contribution >= 4 is 5.91 Å². The summed E-state index contributed by atoms with van der Waals surface area (Å²) in [5, 5.41) is 2.99. The fourth-order valence-corrected chi connectivity index (χ4v) is 2.78. The molecule has 0 aliphatic carbocycles. The Morgan fingerprint density at radius 2 is 1.90 bits per heavy atom. The number of halogens is 1. The van der Waals surface area contributed by atoms with Crippen molar-refractivity contribution in [1.29, 1.82) is 0 Å². The third kappa shape index (κ3) is 4.81. The highest BCUT2D eigenvalue weighted by Gasteiger charge is 2.21. The lowest BCUT2D eigenvalue weighted by Gasteiger charge is -2.31. The van der Waals surface area contributed by atoms with Crippen LogP contribution in [0, 0.1) is 18.7 Å². The van der Waals surface area contributed by atoms with E-state index in [0.29, 0.717) is 29.6 Å². The van der Waals surface area contributed by atoms with Gasteiger partial charge < -0.3 is 10.2 Å². The van der Waals surface area contributed by atoms with E-state index in [-0.39, 0.29) is 11.7 Å². The van der Waals surface area contributed by atoms with E-state index in [1.165, 1.54) is 12.1 Å². The Labute approximate surface area is 127 Å². The number of aryl methyl sites for hydroxylation is 1. The molecular weight excluding hydrogens is 267 g/mol. The zero-order valence-electron chi connectivity index (χ0n) is 13.7. The number of carbonyl (C=O) groups is 1. The first-order chi connectivity index (χ1) is 9.90. The topological polar surface area (TPSA) is 32.3 Å². The summed E-state index contributed by atoms with van der Waals surface area (Å²) in [6.07, 6.45) is 2.18. The van der Waals surface area contributed by atoms with Crippen molar-refractivity contribution in [3.8, 4) is 0 Å². The van der Waals surface area contributed by atoms with Gasteiger partial charge in [0.15, 0.2) is 0 Å². The Kier molecular flexibility index (Phi) is 6.82. The number of likely N-dealkylation sites (N-methyl/N-ethyl adjacent to an activating group) is 1. The fourth-order valence-electron chi connectivity index (χ4n) is 2.78. The van der Waals surface area contributed by atoms with Gasteiger partial charge in [-0.1, -0.05) is 26.7 Å². The SMILES string of the molecule is CCC(CC)C(CNC(=O)c1ccc(F)cc1C)N(C)C. The van der Waals surface area contributed by atoms with Crippen molar-refractivity contribution in [2.24, 2.45) is 5.92 Å². The number of hydrogen-bond donors (Lipinski definition) is 1. The summed E-state index contributed by atoms with van der Waals surface area (Å²) < 4.78 is 13.1. The molecule has 1 amide bonds. The summed E-state index contributed by atoms with van der Waals surface area (Å²) >= 11 is 0. The Balaban J connectivity index is 2.73. The summed E-state index contributed by atoms with van der Waals surface area (Å²) in [6.45, 7) is 6.71. The molecule has 4 heteroatoms. The van der Waals surface area contributed by atoms with Crippen molar-refractivity contribution in [3.63, 3.8) is 0 Å². The van der Waals surface area contributed by atoms with Crippen LogP contribution in [-0.4, -0.2) is 37.5 Å². The van der Waals surface area contributed by atoms with Crippen LogP contribution in [0.1, 0.15) is 42.6 Å². The lowest BCUT2D eigenvalue weighted by atomic mass is 9.93. The second-order valence-electron chi connectivity index (χ2n) is 5.78. The van der Waals surface area contributed by atoms with Crippen LogP contribution in [0.2, 0.25) is 0 Å². The van der Waals surface area contributed by atoms with E-state index in [1.807, 2.05) is 14.1 Å². The Bertz CT molecular complexity index is 470. The minimum absolute atomic E-state index is 0.134. The van der Waals surface area contributed by atoms with Crippen molar-refractivity contribution in [3.05, 3.63) is 35.1 Å². The predicted molar refractivity (Wildman–Crippen MR) is 85.0 cm³/mol. The lowest BCUT2D eigenvalue weighted by Crippen LogP contribution is -2.44. The third-order valence-corrected chi connectivity index (χ3v) is 4.16. The third-order valence-electron chi connectivity index (χ3n) is 4.16. The van der Waals surface area contributed by atoms with Crippen LogP contribution in [0.3, 0.4) is 0 Å². The monoisotopic (exact) mass is 294 g/mol. The van der Waals surface area contributed by atoms with Crippen LogP contribution in [-0.2, 0) is 0 Å². The molecule has 0 aliphatic rings. The maximum atomic E-state index is 13.1. The Morgan fingerprint density at radius 1 is 1.29 bits per heavy atom. The van der Waals surface area contributed by atoms with Crippen molar-refractivity contribution < 1.29 is 9.18 Å². The Hall–Kier alpha value is -1.42. The summed E-state index contributed by atoms with van der Waals surface area (Å²) in [5.41, 5.74) is 1.20. The second kappa shape index (κ2) is 8.13. The van der Waals surface area contributed by atoms with Crippen LogP contribution < -0.4 is 5.32 Å². The Morgan fingerprint density at radius 3 is 2.38 bits per heavy atom. The molecule has 0 spiro atoms. The maximum Gasteiger partial charge on any atom is 0.251 e. The highest BCUT2D eigenvalue weighted by atomic mass is 19.1. The molecule has 1 rings (SSSR count). The zero-order valence-corrected chi connectivity index (χ0v) is 13.7. The van der Waals surface area contributed by atoms with Crippen LogP contribution in [0.4, 0.5) is 4.39 Å². The summed E-state index contributed by atoms with van der Waals surface area (Å²) in [5.74, 6) is 0.104. The van der Waals surface area contributed by atoms with Gasteiger partial charge in [-0.2, -0.15) is 0 Å². The fraction of sp³-hybridized carbons (Fsp3) is 0.588. The van der Waals surface area contributed by atoms with E-state index in [0.717, 1.165) is 12.8 Å². The number of hydrogen-bond acceptors (Lipinski definition) is 2. The van der Waals surface area contributed by atoms with Gasteiger partial charge in [-0.15, -0.1) is 0 Å². The van der Waals surface area contributed by atoms with Gasteiger partial charge in [0.25, 0.3) is 5.91 Å². The average molecular weight is 294 g/mol. The number of nitrogens with zero attached hydrogens (tertiary/aromatic N) is 1. The van der Waals surface area contributed by atoms with Crippen molar-refractivity contribution in [2.45, 2.75) is 39.7 Å². The highest BCUT2D eigenvalue weighted by Crippen LogP contribution is 2.17. The molecule has 0 aromatic heterocycles. The minimum atomic E-state index is -0.313. The van der Waals surface area contributed by atoms with E-state index >= 15 is 0 Å². The molecule has 3 nitrogen and oxygen atoms in total.